The number of rotatable bonds is 15. The van der Waals surface area contributed by atoms with E-state index in [2.05, 4.69) is 26.1 Å². The summed E-state index contributed by atoms with van der Waals surface area (Å²) < 4.78 is 5.01. The van der Waals surface area contributed by atoms with Crippen molar-refractivity contribution in [3.8, 4) is 33.8 Å². The number of carbonyl (C=O) groups is 6. The van der Waals surface area contributed by atoms with Crippen LogP contribution in [0.25, 0.3) is 22.3 Å². The maximum absolute atomic E-state index is 14.7. The molecule has 7 atom stereocenters. The van der Waals surface area contributed by atoms with E-state index >= 15 is 0 Å². The molecule has 2 heterocycles. The minimum atomic E-state index is -1.42. The molecule has 1 fully saturated rings. The SMILES string of the molecule is Cc1nc(C(=O)C(C)C2CCC2CC(=O)C2Cc3ccc(O)c(c3)-c3cc(ccc3O)C(N(C)C(=O)C(CCCCN)NC(=O)c3ccc(-c4ccc(Cl)cc4)cc3)C(=O)NC(C)C(=O)N2)no1. The second-order valence-corrected chi connectivity index (χ2v) is 18.3. The van der Waals surface area contributed by atoms with Crippen LogP contribution in [-0.4, -0.2) is 92.2 Å². The molecule has 0 saturated heterocycles. The largest absolute Gasteiger partial charge is 0.507 e. The Hall–Kier alpha value is -6.91. The van der Waals surface area contributed by atoms with Gasteiger partial charge in [-0.25, -0.2) is 0 Å². The first-order valence-electron chi connectivity index (χ1n) is 22.8. The third-order valence-electron chi connectivity index (χ3n) is 13.2. The fourth-order valence-electron chi connectivity index (χ4n) is 9.08. The molecule has 4 amide bonds. The third-order valence-corrected chi connectivity index (χ3v) is 13.4. The number of phenols is 2. The number of halogens is 1. The van der Waals surface area contributed by atoms with Gasteiger partial charge in [0.15, 0.2) is 5.78 Å². The zero-order chi connectivity index (χ0) is 48.8. The van der Waals surface area contributed by atoms with Gasteiger partial charge in [-0.3, -0.25) is 28.8 Å². The van der Waals surface area contributed by atoms with Crippen molar-refractivity contribution in [3.63, 3.8) is 0 Å². The van der Waals surface area contributed by atoms with Gasteiger partial charge < -0.3 is 41.3 Å². The van der Waals surface area contributed by atoms with Gasteiger partial charge in [-0.15, -0.1) is 0 Å². The number of hydrogen-bond donors (Lipinski definition) is 6. The number of unbranched alkanes of at least 4 members (excludes halogenated alkanes) is 1. The number of nitrogens with zero attached hydrogens (tertiary/aromatic N) is 3. The lowest BCUT2D eigenvalue weighted by atomic mass is 9.64. The molecule has 0 spiro atoms. The molecular formula is C51H56ClN7O9. The van der Waals surface area contributed by atoms with Gasteiger partial charge in [0.25, 0.3) is 5.91 Å². The lowest BCUT2D eigenvalue weighted by Gasteiger charge is -2.40. The minimum absolute atomic E-state index is 0.0105. The van der Waals surface area contributed by atoms with Crippen molar-refractivity contribution in [2.75, 3.05) is 13.6 Å². The van der Waals surface area contributed by atoms with E-state index in [1.165, 1.54) is 43.1 Å². The average Bonchev–Trinajstić information content (AvgIpc) is 3.76. The number of aromatic nitrogens is 2. The standard InChI is InChI=1S/C51H56ClN7O9/c1-27(46(63)47-55-29(3)68-58-47)37-19-15-34(37)26-44(62)41-24-30-8-20-42(60)38(23-30)39-25-35(16-21-43(39)61)45(50(66)54-28(2)48(64)57-41)59(4)51(67)40(7-5-6-22-53)56-49(65)33-11-9-31(10-12-33)32-13-17-36(52)18-14-32/h8-14,16-18,20-21,23,25,27-28,34,37,40-41,45,60-61H,5-7,15,19,22,24,26,53H2,1-4H3,(H,54,66)(H,56,65)(H,57,64). The molecule has 1 aliphatic heterocycles. The number of benzene rings is 4. The van der Waals surface area contributed by atoms with Crippen molar-refractivity contribution in [1.29, 1.82) is 0 Å². The molecule has 4 aromatic carbocycles. The Bertz CT molecular complexity index is 2690. The van der Waals surface area contributed by atoms with Gasteiger partial charge in [-0.1, -0.05) is 60.1 Å². The highest BCUT2D eigenvalue weighted by molar-refractivity contribution is 6.30. The van der Waals surface area contributed by atoms with E-state index in [1.54, 1.807) is 62.4 Å². The lowest BCUT2D eigenvalue weighted by Crippen LogP contribution is -2.55. The van der Waals surface area contributed by atoms with Crippen molar-refractivity contribution < 1.29 is 43.5 Å². The van der Waals surface area contributed by atoms with Gasteiger partial charge in [0.1, 0.15) is 29.6 Å². The summed E-state index contributed by atoms with van der Waals surface area (Å²) in [6.07, 6.45) is 2.69. The summed E-state index contributed by atoms with van der Waals surface area (Å²) in [7, 11) is 1.41. The van der Waals surface area contributed by atoms with E-state index in [0.717, 1.165) is 11.1 Å². The average molecular weight is 947 g/mol. The first-order chi connectivity index (χ1) is 32.5. The number of fused-ring (bicyclic) bond motifs is 5. The van der Waals surface area contributed by atoms with E-state index in [9.17, 15) is 39.0 Å². The Morgan fingerprint density at radius 3 is 2.19 bits per heavy atom. The molecule has 7 unspecified atom stereocenters. The van der Waals surface area contributed by atoms with Crippen molar-refractivity contribution in [2.24, 2.45) is 23.5 Å². The summed E-state index contributed by atoms with van der Waals surface area (Å²) in [6, 6.07) is 18.3. The number of phenolic OH excluding ortho intramolecular Hbond substituents is 2. The van der Waals surface area contributed by atoms with Crippen LogP contribution >= 0.6 is 11.6 Å². The number of likely N-dealkylation sites (N-methyl/N-ethyl adjacent to an activating group) is 1. The smallest absolute Gasteiger partial charge is 0.251 e. The van der Waals surface area contributed by atoms with Crippen molar-refractivity contribution in [2.45, 2.75) is 89.9 Å². The predicted molar refractivity (Wildman–Crippen MR) is 253 cm³/mol. The summed E-state index contributed by atoms with van der Waals surface area (Å²) in [6.45, 7) is 5.19. The van der Waals surface area contributed by atoms with Crippen LogP contribution in [0.2, 0.25) is 5.02 Å². The Morgan fingerprint density at radius 1 is 0.897 bits per heavy atom. The number of aryl methyl sites for hydroxylation is 1. The highest BCUT2D eigenvalue weighted by atomic mass is 35.5. The van der Waals surface area contributed by atoms with Gasteiger partial charge in [-0.05, 0) is 135 Å². The molecule has 1 aliphatic carbocycles. The molecule has 1 aromatic heterocycles. The van der Waals surface area contributed by atoms with Gasteiger partial charge in [0, 0.05) is 48.0 Å². The quantitative estimate of drug-likeness (QED) is 0.0504. The Morgan fingerprint density at radius 2 is 1.56 bits per heavy atom. The van der Waals surface area contributed by atoms with Crippen molar-refractivity contribution >= 4 is 46.8 Å². The summed E-state index contributed by atoms with van der Waals surface area (Å²) in [4.78, 5) is 89.7. The Labute approximate surface area is 399 Å². The van der Waals surface area contributed by atoms with E-state index < -0.39 is 53.7 Å². The Kier molecular flexibility index (Phi) is 15.4. The highest BCUT2D eigenvalue weighted by Crippen LogP contribution is 2.43. The monoisotopic (exact) mass is 945 g/mol. The lowest BCUT2D eigenvalue weighted by molar-refractivity contribution is -0.141. The maximum atomic E-state index is 14.7. The highest BCUT2D eigenvalue weighted by Gasteiger charge is 2.42. The second kappa shape index (κ2) is 21.4. The van der Waals surface area contributed by atoms with Crippen LogP contribution in [0.5, 0.6) is 11.5 Å². The molecule has 7 N–H and O–H groups in total. The van der Waals surface area contributed by atoms with E-state index in [4.69, 9.17) is 21.9 Å². The van der Waals surface area contributed by atoms with Crippen LogP contribution in [-0.2, 0) is 25.6 Å². The molecule has 1 saturated carbocycles. The van der Waals surface area contributed by atoms with E-state index in [1.807, 2.05) is 12.1 Å². The fourth-order valence-corrected chi connectivity index (χ4v) is 9.20. The Balaban J connectivity index is 1.15. The molecular weight excluding hydrogens is 890 g/mol. The third kappa shape index (κ3) is 11.1. The first-order valence-corrected chi connectivity index (χ1v) is 23.2. The van der Waals surface area contributed by atoms with E-state index in [-0.39, 0.29) is 82.6 Å². The van der Waals surface area contributed by atoms with Crippen LogP contribution in [0, 0.1) is 24.7 Å². The molecule has 17 heteroatoms. The summed E-state index contributed by atoms with van der Waals surface area (Å²) >= 11 is 6.06. The van der Waals surface area contributed by atoms with Gasteiger partial charge >= 0.3 is 0 Å². The second-order valence-electron chi connectivity index (χ2n) is 17.8. The molecule has 68 heavy (non-hydrogen) atoms. The summed E-state index contributed by atoms with van der Waals surface area (Å²) in [5.74, 6) is -4.11. The van der Waals surface area contributed by atoms with Gasteiger partial charge in [0.2, 0.25) is 35.2 Å². The minimum Gasteiger partial charge on any atom is -0.507 e. The number of nitrogens with two attached hydrogens (primary N) is 1. The number of ketones is 2. The molecule has 5 aromatic rings. The number of amides is 4. The molecule has 7 rings (SSSR count). The van der Waals surface area contributed by atoms with Crippen LogP contribution in [0.4, 0.5) is 0 Å². The number of carbonyl (C=O) groups excluding carboxylic acids is 6. The number of nitrogens with one attached hydrogen (secondary N) is 3. The summed E-state index contributed by atoms with van der Waals surface area (Å²) in [5.41, 5.74) is 8.96. The molecule has 16 nitrogen and oxygen atoms in total. The number of hydrogen-bond acceptors (Lipinski definition) is 12. The van der Waals surface area contributed by atoms with Crippen molar-refractivity contribution in [3.05, 3.63) is 118 Å². The zero-order valence-corrected chi connectivity index (χ0v) is 39.1. The van der Waals surface area contributed by atoms with Crippen LogP contribution in [0.1, 0.15) is 96.4 Å². The number of Topliss-reactive ketones (excluding diaryl/α,β-unsaturated/α-hetero) is 2. The predicted octanol–water partition coefficient (Wildman–Crippen LogP) is 6.25. The van der Waals surface area contributed by atoms with Crippen molar-refractivity contribution in [1.82, 2.24) is 31.0 Å². The topological polar surface area (TPSA) is 247 Å². The zero-order valence-electron chi connectivity index (χ0n) is 38.3. The molecule has 4 bridgehead atoms. The molecule has 2 aliphatic rings. The van der Waals surface area contributed by atoms with E-state index in [0.29, 0.717) is 48.4 Å². The van der Waals surface area contributed by atoms with Gasteiger partial charge in [0.05, 0.1) is 6.04 Å². The molecule has 0 radical (unpaired) electrons. The van der Waals surface area contributed by atoms with Crippen LogP contribution < -0.4 is 21.7 Å². The summed E-state index contributed by atoms with van der Waals surface area (Å²) in [5, 5.41) is 35.3. The fraction of sp³-hybridized carbons (Fsp3) is 0.373. The van der Waals surface area contributed by atoms with Crippen LogP contribution in [0.15, 0.2) is 89.5 Å². The molecule has 356 valence electrons. The first kappa shape index (κ1) is 49.0. The maximum Gasteiger partial charge on any atom is 0.251 e. The van der Waals surface area contributed by atoms with Gasteiger partial charge in [-0.2, -0.15) is 4.98 Å². The van der Waals surface area contributed by atoms with Crippen LogP contribution in [0.3, 0.4) is 0 Å². The number of aromatic hydroxyl groups is 2. The normalized spacial score (nSPS) is 20.1.